The number of hydroxylamine groups is 1. The Bertz CT molecular complexity index is 660. The molecular formula is C13H11N3O5. The molecule has 0 atom stereocenters. The fourth-order valence-electron chi connectivity index (χ4n) is 1.64. The Morgan fingerprint density at radius 2 is 1.71 bits per heavy atom. The van der Waals surface area contributed by atoms with Crippen LogP contribution in [0, 0.1) is 20.2 Å². The molecule has 21 heavy (non-hydrogen) atoms. The van der Waals surface area contributed by atoms with Crippen LogP contribution in [0.15, 0.2) is 48.5 Å². The summed E-state index contributed by atoms with van der Waals surface area (Å²) in [5.41, 5.74) is 2.69. The average Bonchev–Trinajstić information content (AvgIpc) is 2.48. The summed E-state index contributed by atoms with van der Waals surface area (Å²) in [4.78, 5) is 25.2. The van der Waals surface area contributed by atoms with E-state index in [2.05, 4.69) is 5.48 Å². The molecule has 108 valence electrons. The Balaban J connectivity index is 2.09. The van der Waals surface area contributed by atoms with Gasteiger partial charge in [-0.25, -0.2) is 0 Å². The molecule has 0 heterocycles. The molecule has 0 fully saturated rings. The predicted octanol–water partition coefficient (Wildman–Crippen LogP) is 2.59. The summed E-state index contributed by atoms with van der Waals surface area (Å²) in [6.07, 6.45) is 0. The lowest BCUT2D eigenvalue weighted by molar-refractivity contribution is -0.394. The highest BCUT2D eigenvalue weighted by molar-refractivity contribution is 5.53. The average molecular weight is 289 g/mol. The van der Waals surface area contributed by atoms with Crippen molar-refractivity contribution in [2.75, 3.05) is 0 Å². The second-order valence-corrected chi connectivity index (χ2v) is 4.08. The summed E-state index contributed by atoms with van der Waals surface area (Å²) in [6.45, 7) is 0.342. The van der Waals surface area contributed by atoms with Crippen molar-refractivity contribution in [1.29, 1.82) is 0 Å². The zero-order valence-corrected chi connectivity index (χ0v) is 10.8. The zero-order valence-electron chi connectivity index (χ0n) is 10.8. The topological polar surface area (TPSA) is 108 Å². The molecule has 0 aromatic heterocycles. The maximum Gasteiger partial charge on any atom is 0.320 e. The third-order valence-electron chi connectivity index (χ3n) is 2.65. The van der Waals surface area contributed by atoms with Gasteiger partial charge in [-0.2, -0.15) is 5.48 Å². The van der Waals surface area contributed by atoms with E-state index in [1.807, 2.05) is 30.3 Å². The maximum absolute atomic E-state index is 10.9. The minimum atomic E-state index is -0.730. The van der Waals surface area contributed by atoms with Gasteiger partial charge in [-0.15, -0.1) is 0 Å². The summed E-state index contributed by atoms with van der Waals surface area (Å²) in [5, 5.41) is 21.5. The second kappa shape index (κ2) is 6.44. The first-order chi connectivity index (χ1) is 10.1. The molecule has 0 aliphatic rings. The quantitative estimate of drug-likeness (QED) is 0.646. The van der Waals surface area contributed by atoms with Crippen LogP contribution in [0.1, 0.15) is 5.56 Å². The normalized spacial score (nSPS) is 10.1. The predicted molar refractivity (Wildman–Crippen MR) is 73.7 cm³/mol. The van der Waals surface area contributed by atoms with Crippen molar-refractivity contribution in [1.82, 2.24) is 5.48 Å². The smallest absolute Gasteiger partial charge is 0.320 e. The molecule has 0 amide bonds. The first-order valence-electron chi connectivity index (χ1n) is 5.94. The van der Waals surface area contributed by atoms with E-state index in [0.29, 0.717) is 6.54 Å². The molecule has 8 heteroatoms. The number of nitrogens with one attached hydrogen (secondary N) is 1. The van der Waals surface area contributed by atoms with Gasteiger partial charge in [0.15, 0.2) is 0 Å². The Morgan fingerprint density at radius 1 is 1.00 bits per heavy atom. The molecule has 0 aliphatic carbocycles. The number of hydrogen-bond donors (Lipinski definition) is 1. The lowest BCUT2D eigenvalue weighted by Crippen LogP contribution is -2.18. The van der Waals surface area contributed by atoms with Crippen LogP contribution in [-0.2, 0) is 6.54 Å². The van der Waals surface area contributed by atoms with Crippen molar-refractivity contribution in [3.05, 3.63) is 74.3 Å². The third kappa shape index (κ3) is 3.74. The SMILES string of the molecule is O=[N+]([O-])c1ccc(ONCc2ccccc2)c([N+](=O)[O-])c1. The van der Waals surface area contributed by atoms with Crippen LogP contribution in [-0.4, -0.2) is 9.85 Å². The van der Waals surface area contributed by atoms with Gasteiger partial charge in [-0.3, -0.25) is 20.2 Å². The Labute approximate surface area is 119 Å². The second-order valence-electron chi connectivity index (χ2n) is 4.08. The van der Waals surface area contributed by atoms with Crippen molar-refractivity contribution in [2.24, 2.45) is 0 Å². The van der Waals surface area contributed by atoms with Crippen molar-refractivity contribution < 1.29 is 14.7 Å². The van der Waals surface area contributed by atoms with Crippen LogP contribution in [0.3, 0.4) is 0 Å². The lowest BCUT2D eigenvalue weighted by atomic mass is 10.2. The van der Waals surface area contributed by atoms with Gasteiger partial charge in [0.1, 0.15) is 0 Å². The van der Waals surface area contributed by atoms with Crippen LogP contribution >= 0.6 is 0 Å². The standard InChI is InChI=1S/C13H11N3O5/c17-15(18)11-6-7-13(12(8-11)16(19)20)21-14-9-10-4-2-1-3-5-10/h1-8,14H,9H2. The molecule has 0 unspecified atom stereocenters. The van der Waals surface area contributed by atoms with Gasteiger partial charge < -0.3 is 4.84 Å². The number of rotatable bonds is 6. The van der Waals surface area contributed by atoms with E-state index in [4.69, 9.17) is 4.84 Å². The van der Waals surface area contributed by atoms with E-state index in [1.54, 1.807) is 0 Å². The summed E-state index contributed by atoms with van der Waals surface area (Å²) >= 11 is 0. The van der Waals surface area contributed by atoms with Crippen molar-refractivity contribution in [3.8, 4) is 5.75 Å². The molecule has 2 aromatic rings. The maximum atomic E-state index is 10.9. The van der Waals surface area contributed by atoms with Gasteiger partial charge in [0.25, 0.3) is 5.69 Å². The van der Waals surface area contributed by atoms with Crippen LogP contribution in [0.5, 0.6) is 5.75 Å². The summed E-state index contributed by atoms with van der Waals surface area (Å²) < 4.78 is 0. The monoisotopic (exact) mass is 289 g/mol. The van der Waals surface area contributed by atoms with Gasteiger partial charge in [0.05, 0.1) is 22.5 Å². The highest BCUT2D eigenvalue weighted by Crippen LogP contribution is 2.30. The Hall–Kier alpha value is -3.00. The first kappa shape index (κ1) is 14.4. The molecule has 0 radical (unpaired) electrons. The molecule has 8 nitrogen and oxygen atoms in total. The molecule has 0 bridgehead atoms. The summed E-state index contributed by atoms with van der Waals surface area (Å²) in [5.74, 6) is -0.0819. The number of nitro benzene ring substituents is 2. The Morgan fingerprint density at radius 3 is 2.33 bits per heavy atom. The van der Waals surface area contributed by atoms with Gasteiger partial charge >= 0.3 is 5.69 Å². The van der Waals surface area contributed by atoms with Gasteiger partial charge in [0.2, 0.25) is 5.75 Å². The third-order valence-corrected chi connectivity index (χ3v) is 2.65. The van der Waals surface area contributed by atoms with Crippen LogP contribution in [0.25, 0.3) is 0 Å². The number of benzene rings is 2. The molecule has 2 rings (SSSR count). The number of non-ortho nitro benzene ring substituents is 1. The number of nitro groups is 2. The van der Waals surface area contributed by atoms with E-state index >= 15 is 0 Å². The number of nitrogens with zero attached hydrogens (tertiary/aromatic N) is 2. The van der Waals surface area contributed by atoms with Crippen molar-refractivity contribution in [2.45, 2.75) is 6.54 Å². The molecule has 0 saturated heterocycles. The van der Waals surface area contributed by atoms with Gasteiger partial charge in [0, 0.05) is 6.07 Å². The lowest BCUT2D eigenvalue weighted by Gasteiger charge is -2.07. The largest absolute Gasteiger partial charge is 0.401 e. The number of hydrogen-bond acceptors (Lipinski definition) is 6. The van der Waals surface area contributed by atoms with E-state index in [0.717, 1.165) is 17.7 Å². The van der Waals surface area contributed by atoms with Crippen LogP contribution < -0.4 is 10.3 Å². The van der Waals surface area contributed by atoms with Crippen molar-refractivity contribution in [3.63, 3.8) is 0 Å². The molecular weight excluding hydrogens is 278 g/mol. The molecule has 0 saturated carbocycles. The first-order valence-corrected chi connectivity index (χ1v) is 5.94. The highest BCUT2D eigenvalue weighted by Gasteiger charge is 2.20. The molecule has 0 aliphatic heterocycles. The molecule has 0 spiro atoms. The van der Waals surface area contributed by atoms with Crippen molar-refractivity contribution >= 4 is 11.4 Å². The zero-order chi connectivity index (χ0) is 15.2. The minimum absolute atomic E-state index is 0.0819. The summed E-state index contributed by atoms with van der Waals surface area (Å²) in [7, 11) is 0. The molecule has 2 aromatic carbocycles. The van der Waals surface area contributed by atoms with Crippen LogP contribution in [0.2, 0.25) is 0 Å². The minimum Gasteiger partial charge on any atom is -0.401 e. The fourth-order valence-corrected chi connectivity index (χ4v) is 1.64. The fraction of sp³-hybridized carbons (Fsp3) is 0.0769. The Kier molecular flexibility index (Phi) is 4.42. The van der Waals surface area contributed by atoms with E-state index < -0.39 is 15.5 Å². The van der Waals surface area contributed by atoms with Gasteiger partial charge in [-0.05, 0) is 11.6 Å². The van der Waals surface area contributed by atoms with E-state index in [9.17, 15) is 20.2 Å². The van der Waals surface area contributed by atoms with E-state index in [-0.39, 0.29) is 11.4 Å². The summed E-state index contributed by atoms with van der Waals surface area (Å²) in [6, 6.07) is 12.5. The van der Waals surface area contributed by atoms with Gasteiger partial charge in [-0.1, -0.05) is 30.3 Å². The molecule has 1 N–H and O–H groups in total. The van der Waals surface area contributed by atoms with Crippen LogP contribution in [0.4, 0.5) is 11.4 Å². The highest BCUT2D eigenvalue weighted by atomic mass is 16.7. The van der Waals surface area contributed by atoms with E-state index in [1.165, 1.54) is 6.07 Å².